The number of rotatable bonds is 8. The quantitative estimate of drug-likeness (QED) is 0.497. The molecule has 0 amide bonds. The first-order valence-corrected chi connectivity index (χ1v) is 10.5. The molecule has 12 heteroatoms. The third kappa shape index (κ3) is 5.59. The first kappa shape index (κ1) is 21.7. The number of hydrogen-bond donors (Lipinski definition) is 0. The molecule has 1 saturated heterocycles. The molecule has 0 aromatic heterocycles. The van der Waals surface area contributed by atoms with Gasteiger partial charge in [0, 0.05) is 14.2 Å². The van der Waals surface area contributed by atoms with Gasteiger partial charge in [0.15, 0.2) is 0 Å². The highest BCUT2D eigenvalue weighted by atomic mass is 32.2. The highest BCUT2D eigenvalue weighted by Gasteiger charge is 2.57. The molecule has 1 heterocycles. The predicted octanol–water partition coefficient (Wildman–Crippen LogP) is -0.552. The fraction of sp³-hybridized carbons (Fsp3) is 1.00. The largest absolute Gasteiger partial charge is 0.349 e. The zero-order chi connectivity index (χ0) is 18.8. The standard InChI is InChI=1S/C12H24O10S2/c1-11(17-3)12(2,18-4)22-10(8-20-24(6,15)16)9(21-11)7-19-23(5,13)14/h9-10H,7-8H2,1-6H3/t9-,10-,11+,12?/m0/s1. The molecule has 1 aliphatic heterocycles. The van der Waals surface area contributed by atoms with E-state index >= 15 is 0 Å². The van der Waals surface area contributed by atoms with Crippen molar-refractivity contribution >= 4 is 20.2 Å². The van der Waals surface area contributed by atoms with Crippen molar-refractivity contribution in [2.45, 2.75) is 37.6 Å². The molecule has 0 saturated carbocycles. The van der Waals surface area contributed by atoms with Crippen molar-refractivity contribution in [1.82, 2.24) is 0 Å². The van der Waals surface area contributed by atoms with Crippen LogP contribution in [0.25, 0.3) is 0 Å². The maximum atomic E-state index is 11.2. The molecule has 144 valence electrons. The zero-order valence-corrected chi connectivity index (χ0v) is 16.1. The molecule has 1 fully saturated rings. The van der Waals surface area contributed by atoms with E-state index in [-0.39, 0.29) is 0 Å². The van der Waals surface area contributed by atoms with Gasteiger partial charge in [-0.1, -0.05) is 0 Å². The summed E-state index contributed by atoms with van der Waals surface area (Å²) in [6.45, 7) is 2.26. The molecule has 24 heavy (non-hydrogen) atoms. The highest BCUT2D eigenvalue weighted by molar-refractivity contribution is 7.86. The van der Waals surface area contributed by atoms with Gasteiger partial charge < -0.3 is 18.9 Å². The van der Waals surface area contributed by atoms with E-state index in [9.17, 15) is 16.8 Å². The van der Waals surface area contributed by atoms with Gasteiger partial charge in [-0.05, 0) is 13.8 Å². The van der Waals surface area contributed by atoms with Crippen molar-refractivity contribution < 1.29 is 44.1 Å². The Labute approximate surface area is 142 Å². The third-order valence-corrected chi connectivity index (χ3v) is 4.79. The van der Waals surface area contributed by atoms with Crippen LogP contribution in [0.2, 0.25) is 0 Å². The summed E-state index contributed by atoms with van der Waals surface area (Å²) < 4.78 is 76.5. The molecule has 0 aromatic rings. The van der Waals surface area contributed by atoms with Gasteiger partial charge in [-0.2, -0.15) is 16.8 Å². The number of methoxy groups -OCH3 is 2. The van der Waals surface area contributed by atoms with E-state index < -0.39 is 57.2 Å². The third-order valence-electron chi connectivity index (χ3n) is 3.66. The van der Waals surface area contributed by atoms with Crippen molar-refractivity contribution in [3.63, 3.8) is 0 Å². The van der Waals surface area contributed by atoms with Crippen LogP contribution in [0.3, 0.4) is 0 Å². The van der Waals surface area contributed by atoms with Gasteiger partial charge in [0.05, 0.1) is 25.7 Å². The molecule has 1 unspecified atom stereocenters. The van der Waals surface area contributed by atoms with Crippen molar-refractivity contribution in [3.8, 4) is 0 Å². The molecule has 0 bridgehead atoms. The average Bonchev–Trinajstić information content (AvgIpc) is 2.44. The van der Waals surface area contributed by atoms with Gasteiger partial charge in [-0.25, -0.2) is 0 Å². The van der Waals surface area contributed by atoms with Crippen LogP contribution in [-0.2, 0) is 47.5 Å². The lowest BCUT2D eigenvalue weighted by Gasteiger charge is -2.51. The van der Waals surface area contributed by atoms with Crippen LogP contribution in [-0.4, -0.2) is 80.6 Å². The second-order valence-electron chi connectivity index (χ2n) is 5.59. The Kier molecular flexibility index (Phi) is 6.78. The Morgan fingerprint density at radius 2 is 1.08 bits per heavy atom. The van der Waals surface area contributed by atoms with Crippen LogP contribution in [0.5, 0.6) is 0 Å². The van der Waals surface area contributed by atoms with E-state index in [2.05, 4.69) is 0 Å². The van der Waals surface area contributed by atoms with E-state index in [1.165, 1.54) is 28.1 Å². The molecular weight excluding hydrogens is 368 g/mol. The van der Waals surface area contributed by atoms with Gasteiger partial charge in [0.1, 0.15) is 12.2 Å². The zero-order valence-electron chi connectivity index (χ0n) is 14.5. The number of hydrogen-bond acceptors (Lipinski definition) is 10. The lowest BCUT2D eigenvalue weighted by Crippen LogP contribution is -2.66. The maximum Gasteiger partial charge on any atom is 0.264 e. The van der Waals surface area contributed by atoms with Crippen LogP contribution in [0, 0.1) is 0 Å². The smallest absolute Gasteiger partial charge is 0.264 e. The minimum absolute atomic E-state index is 0.407. The van der Waals surface area contributed by atoms with Gasteiger partial charge in [0.2, 0.25) is 11.6 Å². The SMILES string of the molecule is COC1(C)O[C@@H](COS(C)(=O)=O)[C@H](COS(C)(=O)=O)O[C@@]1(C)OC. The fourth-order valence-corrected chi connectivity index (χ4v) is 2.84. The van der Waals surface area contributed by atoms with E-state index in [0.29, 0.717) is 0 Å². The molecule has 10 nitrogen and oxygen atoms in total. The second-order valence-corrected chi connectivity index (χ2v) is 8.88. The molecule has 0 spiro atoms. The summed E-state index contributed by atoms with van der Waals surface area (Å²) in [7, 11) is -4.74. The molecule has 1 aliphatic rings. The number of ether oxygens (including phenoxy) is 4. The highest BCUT2D eigenvalue weighted by Crippen LogP contribution is 2.39. The summed E-state index contributed by atoms with van der Waals surface area (Å²) in [5, 5.41) is 0. The molecule has 4 atom stereocenters. The topological polar surface area (TPSA) is 124 Å². The summed E-state index contributed by atoms with van der Waals surface area (Å²) in [6.07, 6.45) is -0.190. The van der Waals surface area contributed by atoms with Crippen LogP contribution in [0.15, 0.2) is 0 Å². The van der Waals surface area contributed by atoms with Crippen molar-refractivity contribution in [1.29, 1.82) is 0 Å². The molecule has 0 radical (unpaired) electrons. The lowest BCUT2D eigenvalue weighted by molar-refractivity contribution is -0.450. The van der Waals surface area contributed by atoms with E-state index in [0.717, 1.165) is 12.5 Å². The van der Waals surface area contributed by atoms with Crippen molar-refractivity contribution in [2.75, 3.05) is 39.9 Å². The minimum atomic E-state index is -3.74. The Hall–Kier alpha value is -0.340. The summed E-state index contributed by atoms with van der Waals surface area (Å²) >= 11 is 0. The monoisotopic (exact) mass is 392 g/mol. The Morgan fingerprint density at radius 3 is 1.29 bits per heavy atom. The Morgan fingerprint density at radius 1 is 0.792 bits per heavy atom. The van der Waals surface area contributed by atoms with E-state index in [1.54, 1.807) is 0 Å². The molecule has 0 N–H and O–H groups in total. The normalized spacial score (nSPS) is 35.1. The lowest BCUT2D eigenvalue weighted by atomic mass is 10.0. The molecular formula is C12H24O10S2. The minimum Gasteiger partial charge on any atom is -0.349 e. The maximum absolute atomic E-state index is 11.2. The first-order valence-electron chi connectivity index (χ1n) is 6.90. The average molecular weight is 392 g/mol. The van der Waals surface area contributed by atoms with Crippen LogP contribution in [0.1, 0.15) is 13.8 Å². The molecule has 0 aliphatic carbocycles. The van der Waals surface area contributed by atoms with Crippen molar-refractivity contribution in [2.24, 2.45) is 0 Å². The molecule has 0 aromatic carbocycles. The van der Waals surface area contributed by atoms with Gasteiger partial charge >= 0.3 is 0 Å². The van der Waals surface area contributed by atoms with Gasteiger partial charge in [0.25, 0.3) is 20.2 Å². The van der Waals surface area contributed by atoms with Gasteiger partial charge in [-0.15, -0.1) is 0 Å². The van der Waals surface area contributed by atoms with E-state index in [4.69, 9.17) is 27.3 Å². The predicted molar refractivity (Wildman–Crippen MR) is 82.2 cm³/mol. The second kappa shape index (κ2) is 7.50. The van der Waals surface area contributed by atoms with Crippen LogP contribution < -0.4 is 0 Å². The van der Waals surface area contributed by atoms with Crippen molar-refractivity contribution in [3.05, 3.63) is 0 Å². The Balaban J connectivity index is 3.04. The summed E-state index contributed by atoms with van der Waals surface area (Å²) in [6, 6.07) is 0. The molecule has 1 rings (SSSR count). The first-order chi connectivity index (χ1) is 10.8. The van der Waals surface area contributed by atoms with Crippen LogP contribution >= 0.6 is 0 Å². The van der Waals surface area contributed by atoms with Gasteiger partial charge in [-0.3, -0.25) is 8.37 Å². The summed E-state index contributed by atoms with van der Waals surface area (Å²) in [5.74, 6) is -2.79. The fourth-order valence-electron chi connectivity index (χ4n) is 2.07. The Bertz CT molecular complexity index is 574. The summed E-state index contributed by atoms with van der Waals surface area (Å²) in [4.78, 5) is 0. The van der Waals surface area contributed by atoms with Crippen LogP contribution in [0.4, 0.5) is 0 Å². The summed E-state index contributed by atoms with van der Waals surface area (Å²) in [5.41, 5.74) is 0. The van der Waals surface area contributed by atoms with E-state index in [1.807, 2.05) is 0 Å².